The molecule has 0 atom stereocenters. The van der Waals surface area contributed by atoms with Gasteiger partial charge in [0.05, 0.1) is 13.1 Å². The van der Waals surface area contributed by atoms with E-state index in [0.717, 1.165) is 35.3 Å². The van der Waals surface area contributed by atoms with Gasteiger partial charge in [0.15, 0.2) is 5.13 Å². The van der Waals surface area contributed by atoms with Crippen LogP contribution in [-0.2, 0) is 13.1 Å². The summed E-state index contributed by atoms with van der Waals surface area (Å²) in [5.41, 5.74) is 7.89. The number of hydrogen-bond acceptors (Lipinski definition) is 6. The van der Waals surface area contributed by atoms with E-state index in [-0.39, 0.29) is 12.4 Å². The summed E-state index contributed by atoms with van der Waals surface area (Å²) in [5.74, 6) is 1.73. The molecular formula is C15H19ClN6S. The number of thiazole rings is 1. The number of nitrogens with zero attached hydrogens (tertiary/aromatic N) is 4. The Bertz CT molecular complexity index is 782. The van der Waals surface area contributed by atoms with E-state index < -0.39 is 0 Å². The Morgan fingerprint density at radius 3 is 2.78 bits per heavy atom. The molecular weight excluding hydrogens is 332 g/mol. The van der Waals surface area contributed by atoms with Crippen LogP contribution in [-0.4, -0.2) is 19.7 Å². The number of rotatable bonds is 5. The zero-order valence-electron chi connectivity index (χ0n) is 13.0. The van der Waals surface area contributed by atoms with Gasteiger partial charge in [0.25, 0.3) is 0 Å². The van der Waals surface area contributed by atoms with E-state index in [1.54, 1.807) is 6.20 Å². The predicted molar refractivity (Wildman–Crippen MR) is 96.1 cm³/mol. The van der Waals surface area contributed by atoms with Crippen molar-refractivity contribution >= 4 is 34.6 Å². The second-order valence-corrected chi connectivity index (χ2v) is 6.23. The van der Waals surface area contributed by atoms with Gasteiger partial charge in [-0.25, -0.2) is 14.6 Å². The highest BCUT2D eigenvalue weighted by Crippen LogP contribution is 2.17. The normalized spacial score (nSPS) is 10.3. The van der Waals surface area contributed by atoms with Gasteiger partial charge in [-0.3, -0.25) is 0 Å². The molecule has 0 saturated heterocycles. The Kier molecular flexibility index (Phi) is 5.57. The lowest BCUT2D eigenvalue weighted by Crippen LogP contribution is -2.05. The Labute approximate surface area is 145 Å². The van der Waals surface area contributed by atoms with Crippen LogP contribution < -0.4 is 11.1 Å². The molecule has 0 saturated carbocycles. The van der Waals surface area contributed by atoms with Crippen molar-refractivity contribution in [2.45, 2.75) is 26.9 Å². The first-order valence-corrected chi connectivity index (χ1v) is 7.83. The lowest BCUT2D eigenvalue weighted by molar-refractivity contribution is 0.656. The Hall–Kier alpha value is -2.12. The quantitative estimate of drug-likeness (QED) is 0.739. The molecule has 6 nitrogen and oxygen atoms in total. The van der Waals surface area contributed by atoms with E-state index in [1.165, 1.54) is 16.9 Å². The SMILES string of the molecule is Cc1nc(C)n(Cc2cccc(NCc3cnc(N)s3)c2)n1.Cl. The molecule has 0 aliphatic carbocycles. The van der Waals surface area contributed by atoms with Crippen molar-refractivity contribution in [3.63, 3.8) is 0 Å². The van der Waals surface area contributed by atoms with Crippen molar-refractivity contribution in [2.75, 3.05) is 11.1 Å². The third kappa shape index (κ3) is 4.43. The molecule has 1 aromatic carbocycles. The van der Waals surface area contributed by atoms with Crippen LogP contribution in [0.5, 0.6) is 0 Å². The second kappa shape index (κ2) is 7.43. The van der Waals surface area contributed by atoms with Crippen LogP contribution in [0, 0.1) is 13.8 Å². The maximum absolute atomic E-state index is 5.64. The third-order valence-corrected chi connectivity index (χ3v) is 4.09. The van der Waals surface area contributed by atoms with E-state index in [0.29, 0.717) is 5.13 Å². The van der Waals surface area contributed by atoms with Gasteiger partial charge >= 0.3 is 0 Å². The van der Waals surface area contributed by atoms with E-state index >= 15 is 0 Å². The second-order valence-electron chi connectivity index (χ2n) is 5.08. The van der Waals surface area contributed by atoms with E-state index in [1.807, 2.05) is 30.7 Å². The molecule has 0 aliphatic heterocycles. The number of nitrogens with one attached hydrogen (secondary N) is 1. The highest BCUT2D eigenvalue weighted by Gasteiger charge is 2.04. The van der Waals surface area contributed by atoms with Crippen LogP contribution in [0.15, 0.2) is 30.5 Å². The summed E-state index contributed by atoms with van der Waals surface area (Å²) in [6.45, 7) is 5.31. The molecule has 0 bridgehead atoms. The fourth-order valence-corrected chi connectivity index (χ4v) is 2.88. The zero-order chi connectivity index (χ0) is 15.5. The van der Waals surface area contributed by atoms with Gasteiger partial charge in [-0.15, -0.1) is 23.7 Å². The van der Waals surface area contributed by atoms with Crippen molar-refractivity contribution < 1.29 is 0 Å². The average molecular weight is 351 g/mol. The maximum atomic E-state index is 5.64. The van der Waals surface area contributed by atoms with Crippen molar-refractivity contribution in [3.05, 3.63) is 52.6 Å². The number of aromatic nitrogens is 4. The molecule has 23 heavy (non-hydrogen) atoms. The monoisotopic (exact) mass is 350 g/mol. The largest absolute Gasteiger partial charge is 0.380 e. The smallest absolute Gasteiger partial charge is 0.180 e. The van der Waals surface area contributed by atoms with Crippen molar-refractivity contribution in [2.24, 2.45) is 0 Å². The molecule has 3 N–H and O–H groups in total. The molecule has 3 rings (SSSR count). The highest BCUT2D eigenvalue weighted by molar-refractivity contribution is 7.15. The molecule has 3 aromatic rings. The number of nitrogens with two attached hydrogens (primary N) is 1. The molecule has 2 aromatic heterocycles. The number of hydrogen-bond donors (Lipinski definition) is 2. The number of halogens is 1. The average Bonchev–Trinajstić information content (AvgIpc) is 3.03. The van der Waals surface area contributed by atoms with Crippen LogP contribution in [0.2, 0.25) is 0 Å². The molecule has 2 heterocycles. The van der Waals surface area contributed by atoms with E-state index in [9.17, 15) is 0 Å². The van der Waals surface area contributed by atoms with Crippen LogP contribution in [0.25, 0.3) is 0 Å². The molecule has 0 unspecified atom stereocenters. The van der Waals surface area contributed by atoms with Crippen LogP contribution in [0.4, 0.5) is 10.8 Å². The molecule has 0 fully saturated rings. The molecule has 0 spiro atoms. The van der Waals surface area contributed by atoms with Gasteiger partial charge in [-0.1, -0.05) is 12.1 Å². The van der Waals surface area contributed by atoms with Gasteiger partial charge in [-0.2, -0.15) is 5.10 Å². The van der Waals surface area contributed by atoms with Gasteiger partial charge in [0.1, 0.15) is 11.6 Å². The minimum atomic E-state index is 0. The summed E-state index contributed by atoms with van der Waals surface area (Å²) in [6, 6.07) is 8.30. The standard InChI is InChI=1S/C15H18N6S.ClH/c1-10-19-11(2)21(20-10)9-12-4-3-5-13(6-12)17-7-14-8-18-15(16)22-14;/h3-6,8,17H,7,9H2,1-2H3,(H2,16,18);1H. The summed E-state index contributed by atoms with van der Waals surface area (Å²) in [6.07, 6.45) is 1.80. The van der Waals surface area contributed by atoms with Crippen LogP contribution in [0.1, 0.15) is 22.1 Å². The first-order valence-electron chi connectivity index (χ1n) is 7.01. The lowest BCUT2D eigenvalue weighted by atomic mass is 10.2. The summed E-state index contributed by atoms with van der Waals surface area (Å²) >= 11 is 1.50. The Morgan fingerprint density at radius 1 is 1.30 bits per heavy atom. The Morgan fingerprint density at radius 2 is 2.13 bits per heavy atom. The van der Waals surface area contributed by atoms with Gasteiger partial charge in [0, 0.05) is 16.8 Å². The predicted octanol–water partition coefficient (Wildman–Crippen LogP) is 3.02. The summed E-state index contributed by atoms with van der Waals surface area (Å²) in [4.78, 5) is 9.50. The molecule has 8 heteroatoms. The summed E-state index contributed by atoms with van der Waals surface area (Å²) in [7, 11) is 0. The fraction of sp³-hybridized carbons (Fsp3) is 0.267. The highest BCUT2D eigenvalue weighted by atomic mass is 35.5. The van der Waals surface area contributed by atoms with Crippen LogP contribution in [0.3, 0.4) is 0 Å². The minimum absolute atomic E-state index is 0. The molecule has 0 aliphatic rings. The topological polar surface area (TPSA) is 81.7 Å². The zero-order valence-corrected chi connectivity index (χ0v) is 14.6. The lowest BCUT2D eigenvalue weighted by Gasteiger charge is -2.08. The number of nitrogen functional groups attached to an aromatic ring is 1. The van der Waals surface area contributed by atoms with Crippen molar-refractivity contribution in [1.82, 2.24) is 19.7 Å². The minimum Gasteiger partial charge on any atom is -0.380 e. The number of anilines is 2. The summed E-state index contributed by atoms with van der Waals surface area (Å²) < 4.78 is 1.92. The van der Waals surface area contributed by atoms with Gasteiger partial charge in [0.2, 0.25) is 0 Å². The first kappa shape index (κ1) is 17.2. The van der Waals surface area contributed by atoms with Crippen LogP contribution >= 0.6 is 23.7 Å². The fourth-order valence-electron chi connectivity index (χ4n) is 2.26. The van der Waals surface area contributed by atoms with Crippen molar-refractivity contribution in [3.8, 4) is 0 Å². The molecule has 0 radical (unpaired) electrons. The number of aryl methyl sites for hydroxylation is 2. The third-order valence-electron chi connectivity index (χ3n) is 3.26. The summed E-state index contributed by atoms with van der Waals surface area (Å²) in [5, 5.41) is 8.39. The van der Waals surface area contributed by atoms with Gasteiger partial charge < -0.3 is 11.1 Å². The van der Waals surface area contributed by atoms with Gasteiger partial charge in [-0.05, 0) is 31.5 Å². The molecule has 0 amide bonds. The van der Waals surface area contributed by atoms with E-state index in [4.69, 9.17) is 5.73 Å². The number of benzene rings is 1. The Balaban J connectivity index is 0.00000192. The first-order chi connectivity index (χ1) is 10.6. The molecule has 122 valence electrons. The van der Waals surface area contributed by atoms with Crippen molar-refractivity contribution in [1.29, 1.82) is 0 Å². The maximum Gasteiger partial charge on any atom is 0.180 e. The van der Waals surface area contributed by atoms with E-state index in [2.05, 4.69) is 32.5 Å².